The summed E-state index contributed by atoms with van der Waals surface area (Å²) in [6.07, 6.45) is 0.886. The SMILES string of the molecule is CCc1nc(CSc2ccccc2)nc(Cl)c1C. The molecule has 2 aromatic rings. The van der Waals surface area contributed by atoms with E-state index in [2.05, 4.69) is 29.0 Å². The molecule has 2 rings (SSSR count). The molecule has 0 amide bonds. The maximum Gasteiger partial charge on any atom is 0.140 e. The Labute approximate surface area is 117 Å². The van der Waals surface area contributed by atoms with Crippen molar-refractivity contribution in [2.24, 2.45) is 0 Å². The van der Waals surface area contributed by atoms with Crippen molar-refractivity contribution in [3.8, 4) is 0 Å². The highest BCUT2D eigenvalue weighted by Gasteiger charge is 2.08. The van der Waals surface area contributed by atoms with Crippen LogP contribution in [0.2, 0.25) is 5.15 Å². The lowest BCUT2D eigenvalue weighted by atomic mass is 10.2. The van der Waals surface area contributed by atoms with Crippen LogP contribution in [0, 0.1) is 6.92 Å². The highest BCUT2D eigenvalue weighted by Crippen LogP contribution is 2.23. The molecule has 0 saturated carbocycles. The summed E-state index contributed by atoms with van der Waals surface area (Å²) in [5.41, 5.74) is 2.03. The topological polar surface area (TPSA) is 25.8 Å². The second kappa shape index (κ2) is 6.21. The summed E-state index contributed by atoms with van der Waals surface area (Å²) in [4.78, 5) is 10.1. The number of benzene rings is 1. The van der Waals surface area contributed by atoms with Gasteiger partial charge in [-0.2, -0.15) is 0 Å². The zero-order chi connectivity index (χ0) is 13.0. The molecule has 0 aliphatic heterocycles. The van der Waals surface area contributed by atoms with Gasteiger partial charge in [-0.25, -0.2) is 9.97 Å². The van der Waals surface area contributed by atoms with E-state index in [9.17, 15) is 0 Å². The molecule has 1 aromatic heterocycles. The molecule has 0 bridgehead atoms. The molecule has 1 heterocycles. The second-order valence-electron chi connectivity index (χ2n) is 3.96. The smallest absolute Gasteiger partial charge is 0.140 e. The fourth-order valence-electron chi connectivity index (χ4n) is 1.65. The van der Waals surface area contributed by atoms with Gasteiger partial charge in [-0.05, 0) is 25.5 Å². The first-order valence-corrected chi connectivity index (χ1v) is 7.26. The monoisotopic (exact) mass is 278 g/mol. The van der Waals surface area contributed by atoms with Crippen molar-refractivity contribution in [2.75, 3.05) is 0 Å². The summed E-state index contributed by atoms with van der Waals surface area (Å²) in [6, 6.07) is 10.2. The molecule has 1 aromatic carbocycles. The summed E-state index contributed by atoms with van der Waals surface area (Å²) < 4.78 is 0. The van der Waals surface area contributed by atoms with Gasteiger partial charge in [0.2, 0.25) is 0 Å². The van der Waals surface area contributed by atoms with Gasteiger partial charge in [0.15, 0.2) is 0 Å². The maximum atomic E-state index is 6.12. The molecule has 0 radical (unpaired) electrons. The van der Waals surface area contributed by atoms with E-state index in [-0.39, 0.29) is 0 Å². The van der Waals surface area contributed by atoms with Crippen molar-refractivity contribution < 1.29 is 0 Å². The Hall–Kier alpha value is -1.06. The first-order valence-electron chi connectivity index (χ1n) is 5.90. The van der Waals surface area contributed by atoms with Crippen molar-refractivity contribution in [3.63, 3.8) is 0 Å². The average molecular weight is 279 g/mol. The van der Waals surface area contributed by atoms with Crippen molar-refractivity contribution in [2.45, 2.75) is 30.9 Å². The molecule has 0 aliphatic carbocycles. The number of halogens is 1. The van der Waals surface area contributed by atoms with Crippen LogP contribution in [0.3, 0.4) is 0 Å². The van der Waals surface area contributed by atoms with Gasteiger partial charge in [0.25, 0.3) is 0 Å². The van der Waals surface area contributed by atoms with Gasteiger partial charge in [0, 0.05) is 16.2 Å². The van der Waals surface area contributed by atoms with Gasteiger partial charge in [-0.3, -0.25) is 0 Å². The van der Waals surface area contributed by atoms with Gasteiger partial charge < -0.3 is 0 Å². The molecular formula is C14H15ClN2S. The van der Waals surface area contributed by atoms with Crippen LogP contribution >= 0.6 is 23.4 Å². The number of hydrogen-bond donors (Lipinski definition) is 0. The summed E-state index contributed by atoms with van der Waals surface area (Å²) in [5.74, 6) is 1.55. The molecule has 94 valence electrons. The molecule has 0 saturated heterocycles. The van der Waals surface area contributed by atoms with E-state index >= 15 is 0 Å². The number of hydrogen-bond acceptors (Lipinski definition) is 3. The van der Waals surface area contributed by atoms with Crippen LogP contribution in [0.1, 0.15) is 24.0 Å². The summed E-state index contributed by atoms with van der Waals surface area (Å²) >= 11 is 7.84. The second-order valence-corrected chi connectivity index (χ2v) is 5.36. The number of rotatable bonds is 4. The lowest BCUT2D eigenvalue weighted by Crippen LogP contribution is -2.01. The largest absolute Gasteiger partial charge is 0.237 e. The van der Waals surface area contributed by atoms with E-state index in [1.165, 1.54) is 4.90 Å². The quantitative estimate of drug-likeness (QED) is 0.616. The van der Waals surface area contributed by atoms with Crippen LogP contribution in [-0.2, 0) is 12.2 Å². The van der Waals surface area contributed by atoms with Crippen LogP contribution in [0.4, 0.5) is 0 Å². The maximum absolute atomic E-state index is 6.12. The highest BCUT2D eigenvalue weighted by atomic mass is 35.5. The fraction of sp³-hybridized carbons (Fsp3) is 0.286. The minimum atomic E-state index is 0.575. The molecule has 0 spiro atoms. The molecule has 0 aliphatic rings. The van der Waals surface area contributed by atoms with E-state index in [0.29, 0.717) is 5.15 Å². The molecular weight excluding hydrogens is 264 g/mol. The molecule has 18 heavy (non-hydrogen) atoms. The van der Waals surface area contributed by atoms with E-state index in [0.717, 1.165) is 29.3 Å². The number of nitrogens with zero attached hydrogens (tertiary/aromatic N) is 2. The Morgan fingerprint density at radius 3 is 2.56 bits per heavy atom. The normalized spacial score (nSPS) is 10.6. The van der Waals surface area contributed by atoms with E-state index < -0.39 is 0 Å². The minimum Gasteiger partial charge on any atom is -0.237 e. The van der Waals surface area contributed by atoms with Crippen LogP contribution in [0.25, 0.3) is 0 Å². The van der Waals surface area contributed by atoms with Crippen molar-refractivity contribution in [1.82, 2.24) is 9.97 Å². The summed E-state index contributed by atoms with van der Waals surface area (Å²) in [7, 11) is 0. The summed E-state index contributed by atoms with van der Waals surface area (Å²) in [6.45, 7) is 4.05. The first-order chi connectivity index (χ1) is 8.70. The minimum absolute atomic E-state index is 0.575. The molecule has 2 nitrogen and oxygen atoms in total. The fourth-order valence-corrected chi connectivity index (χ4v) is 2.64. The standard InChI is InChI=1S/C14H15ClN2S/c1-3-12-10(2)14(15)17-13(16-12)9-18-11-7-5-4-6-8-11/h4-8H,3,9H2,1-2H3. The van der Waals surface area contributed by atoms with E-state index in [1.807, 2.05) is 25.1 Å². The van der Waals surface area contributed by atoms with E-state index in [1.54, 1.807) is 11.8 Å². The number of aromatic nitrogens is 2. The number of aryl methyl sites for hydroxylation is 1. The third-order valence-corrected chi connectivity index (χ3v) is 4.06. The highest BCUT2D eigenvalue weighted by molar-refractivity contribution is 7.98. The number of thioether (sulfide) groups is 1. The first kappa shape index (κ1) is 13.4. The van der Waals surface area contributed by atoms with Crippen molar-refractivity contribution in [1.29, 1.82) is 0 Å². The predicted molar refractivity (Wildman–Crippen MR) is 77.2 cm³/mol. The zero-order valence-corrected chi connectivity index (χ0v) is 12.1. The lowest BCUT2D eigenvalue weighted by molar-refractivity contribution is 0.918. The Kier molecular flexibility index (Phi) is 4.61. The molecule has 0 unspecified atom stereocenters. The van der Waals surface area contributed by atoms with Crippen LogP contribution in [-0.4, -0.2) is 9.97 Å². The Bertz CT molecular complexity index is 529. The lowest BCUT2D eigenvalue weighted by Gasteiger charge is -2.07. The Morgan fingerprint density at radius 2 is 1.89 bits per heavy atom. The molecule has 4 heteroatoms. The van der Waals surface area contributed by atoms with Crippen LogP contribution in [0.5, 0.6) is 0 Å². The average Bonchev–Trinajstić information content (AvgIpc) is 2.41. The van der Waals surface area contributed by atoms with Gasteiger partial charge in [0.1, 0.15) is 11.0 Å². The molecule has 0 fully saturated rings. The summed E-state index contributed by atoms with van der Waals surface area (Å²) in [5, 5.41) is 0.575. The zero-order valence-electron chi connectivity index (χ0n) is 10.5. The predicted octanol–water partition coefficient (Wildman–Crippen LogP) is 4.29. The third-order valence-electron chi connectivity index (χ3n) is 2.68. The third kappa shape index (κ3) is 3.24. The van der Waals surface area contributed by atoms with Crippen molar-refractivity contribution >= 4 is 23.4 Å². The van der Waals surface area contributed by atoms with Crippen LogP contribution in [0.15, 0.2) is 35.2 Å². The van der Waals surface area contributed by atoms with Crippen molar-refractivity contribution in [3.05, 3.63) is 52.6 Å². The molecule has 0 N–H and O–H groups in total. The Balaban J connectivity index is 2.13. The van der Waals surface area contributed by atoms with Gasteiger partial charge in [0.05, 0.1) is 5.75 Å². The van der Waals surface area contributed by atoms with Gasteiger partial charge in [-0.1, -0.05) is 36.7 Å². The van der Waals surface area contributed by atoms with E-state index in [4.69, 9.17) is 11.6 Å². The van der Waals surface area contributed by atoms with Gasteiger partial charge in [-0.15, -0.1) is 11.8 Å². The molecule has 0 atom stereocenters. The van der Waals surface area contributed by atoms with Crippen LogP contribution < -0.4 is 0 Å². The van der Waals surface area contributed by atoms with Gasteiger partial charge >= 0.3 is 0 Å². The Morgan fingerprint density at radius 1 is 1.17 bits per heavy atom.